The van der Waals surface area contributed by atoms with Crippen LogP contribution in [0.5, 0.6) is 0 Å². The maximum Gasteiger partial charge on any atom is 0.336 e. The van der Waals surface area contributed by atoms with E-state index >= 15 is 0 Å². The SMILES string of the molecule is NCC(O)C(O)c1ccc(Cl)cc1C(=O)O. The molecule has 0 saturated heterocycles. The second-order valence-corrected chi connectivity index (χ2v) is 3.72. The average molecular weight is 246 g/mol. The van der Waals surface area contributed by atoms with Crippen LogP contribution in [0.3, 0.4) is 0 Å². The molecule has 6 heteroatoms. The van der Waals surface area contributed by atoms with Crippen LogP contribution in [0.25, 0.3) is 0 Å². The Morgan fingerprint density at radius 1 is 1.44 bits per heavy atom. The lowest BCUT2D eigenvalue weighted by molar-refractivity contribution is 0.0232. The summed E-state index contributed by atoms with van der Waals surface area (Å²) in [6.07, 6.45) is -2.55. The maximum atomic E-state index is 10.9. The minimum Gasteiger partial charge on any atom is -0.478 e. The Bertz CT molecular complexity index is 396. The number of aliphatic hydroxyl groups excluding tert-OH is 2. The van der Waals surface area contributed by atoms with Crippen LogP contribution in [-0.2, 0) is 0 Å². The first-order valence-corrected chi connectivity index (χ1v) is 4.94. The zero-order valence-electron chi connectivity index (χ0n) is 8.30. The van der Waals surface area contributed by atoms with Crippen LogP contribution in [-0.4, -0.2) is 33.9 Å². The molecule has 16 heavy (non-hydrogen) atoms. The zero-order valence-corrected chi connectivity index (χ0v) is 9.05. The first-order valence-electron chi connectivity index (χ1n) is 4.56. The van der Waals surface area contributed by atoms with E-state index in [4.69, 9.17) is 22.4 Å². The number of aliphatic hydroxyl groups is 2. The molecular formula is C10H12ClNO4. The van der Waals surface area contributed by atoms with Crippen LogP contribution in [0, 0.1) is 0 Å². The summed E-state index contributed by atoms with van der Waals surface area (Å²) in [6.45, 7) is -0.164. The largest absolute Gasteiger partial charge is 0.478 e. The molecule has 2 unspecified atom stereocenters. The molecule has 0 heterocycles. The zero-order chi connectivity index (χ0) is 12.3. The van der Waals surface area contributed by atoms with E-state index in [1.807, 2.05) is 0 Å². The molecule has 0 saturated carbocycles. The lowest BCUT2D eigenvalue weighted by atomic mass is 9.98. The molecule has 0 aliphatic heterocycles. The van der Waals surface area contributed by atoms with Crippen LogP contribution < -0.4 is 5.73 Å². The third kappa shape index (κ3) is 2.70. The molecule has 0 aromatic heterocycles. The molecule has 5 N–H and O–H groups in total. The summed E-state index contributed by atoms with van der Waals surface area (Å²) in [5.74, 6) is -1.22. The minimum atomic E-state index is -1.34. The Hall–Kier alpha value is -1.14. The topological polar surface area (TPSA) is 104 Å². The molecule has 1 aromatic carbocycles. The fourth-order valence-electron chi connectivity index (χ4n) is 1.31. The molecule has 0 aliphatic carbocycles. The van der Waals surface area contributed by atoms with Crippen LogP contribution in [0.1, 0.15) is 22.0 Å². The van der Waals surface area contributed by atoms with Crippen molar-refractivity contribution in [2.45, 2.75) is 12.2 Å². The van der Waals surface area contributed by atoms with E-state index in [2.05, 4.69) is 0 Å². The van der Waals surface area contributed by atoms with E-state index in [0.717, 1.165) is 0 Å². The Morgan fingerprint density at radius 3 is 2.56 bits per heavy atom. The first kappa shape index (κ1) is 12.9. The summed E-state index contributed by atoms with van der Waals surface area (Å²) >= 11 is 5.65. The summed E-state index contributed by atoms with van der Waals surface area (Å²) in [6, 6.07) is 4.01. The van der Waals surface area contributed by atoms with Gasteiger partial charge in [0, 0.05) is 11.6 Å². The molecule has 1 aromatic rings. The molecular weight excluding hydrogens is 234 g/mol. The van der Waals surface area contributed by atoms with Gasteiger partial charge < -0.3 is 21.1 Å². The van der Waals surface area contributed by atoms with E-state index < -0.39 is 18.2 Å². The first-order chi connectivity index (χ1) is 7.47. The number of rotatable bonds is 4. The van der Waals surface area contributed by atoms with Crippen molar-refractivity contribution in [3.8, 4) is 0 Å². The fourth-order valence-corrected chi connectivity index (χ4v) is 1.48. The van der Waals surface area contributed by atoms with Gasteiger partial charge in [0.25, 0.3) is 0 Å². The maximum absolute atomic E-state index is 10.9. The second-order valence-electron chi connectivity index (χ2n) is 3.28. The molecule has 5 nitrogen and oxygen atoms in total. The highest BCUT2D eigenvalue weighted by molar-refractivity contribution is 6.30. The van der Waals surface area contributed by atoms with Crippen molar-refractivity contribution < 1.29 is 20.1 Å². The van der Waals surface area contributed by atoms with Crippen molar-refractivity contribution in [3.63, 3.8) is 0 Å². The van der Waals surface area contributed by atoms with Gasteiger partial charge in [-0.05, 0) is 17.7 Å². The summed E-state index contributed by atoms with van der Waals surface area (Å²) in [5.41, 5.74) is 5.13. The summed E-state index contributed by atoms with van der Waals surface area (Å²) in [4.78, 5) is 10.9. The minimum absolute atomic E-state index is 0.0925. The van der Waals surface area contributed by atoms with Crippen LogP contribution in [0.15, 0.2) is 18.2 Å². The number of carboxylic acid groups (broad SMARTS) is 1. The van der Waals surface area contributed by atoms with E-state index in [1.54, 1.807) is 0 Å². The highest BCUT2D eigenvalue weighted by Crippen LogP contribution is 2.24. The molecule has 88 valence electrons. The van der Waals surface area contributed by atoms with Crippen molar-refractivity contribution in [1.82, 2.24) is 0 Å². The van der Waals surface area contributed by atoms with Crippen molar-refractivity contribution in [2.24, 2.45) is 5.73 Å². The van der Waals surface area contributed by atoms with E-state index in [-0.39, 0.29) is 22.7 Å². The van der Waals surface area contributed by atoms with Gasteiger partial charge in [0.15, 0.2) is 0 Å². The van der Waals surface area contributed by atoms with E-state index in [1.165, 1.54) is 18.2 Å². The number of hydrogen-bond acceptors (Lipinski definition) is 4. The van der Waals surface area contributed by atoms with Crippen molar-refractivity contribution in [2.75, 3.05) is 6.54 Å². The monoisotopic (exact) mass is 245 g/mol. The molecule has 1 rings (SSSR count). The smallest absolute Gasteiger partial charge is 0.336 e. The van der Waals surface area contributed by atoms with Gasteiger partial charge in [-0.3, -0.25) is 0 Å². The number of benzene rings is 1. The molecule has 0 radical (unpaired) electrons. The predicted molar refractivity (Wildman–Crippen MR) is 58.4 cm³/mol. The van der Waals surface area contributed by atoms with Gasteiger partial charge in [-0.1, -0.05) is 17.7 Å². The number of carbonyl (C=O) groups is 1. The Morgan fingerprint density at radius 2 is 2.06 bits per heavy atom. The second kappa shape index (κ2) is 5.27. The Kier molecular flexibility index (Phi) is 4.26. The standard InChI is InChI=1S/C10H12ClNO4/c11-5-1-2-6(7(3-5)10(15)16)9(14)8(13)4-12/h1-3,8-9,13-14H,4,12H2,(H,15,16). The number of hydrogen-bond donors (Lipinski definition) is 4. The highest BCUT2D eigenvalue weighted by atomic mass is 35.5. The van der Waals surface area contributed by atoms with Gasteiger partial charge in [0.05, 0.1) is 11.7 Å². The van der Waals surface area contributed by atoms with Crippen molar-refractivity contribution in [3.05, 3.63) is 34.3 Å². The van der Waals surface area contributed by atoms with Gasteiger partial charge in [-0.15, -0.1) is 0 Å². The molecule has 0 aliphatic rings. The normalized spacial score (nSPS) is 14.5. The van der Waals surface area contributed by atoms with Crippen molar-refractivity contribution >= 4 is 17.6 Å². The lowest BCUT2D eigenvalue weighted by Gasteiger charge is -2.18. The van der Waals surface area contributed by atoms with Gasteiger partial charge in [-0.25, -0.2) is 4.79 Å². The summed E-state index contributed by atoms with van der Waals surface area (Å²) in [5, 5.41) is 28.2. The Labute approximate surface area is 97.1 Å². The van der Waals surface area contributed by atoms with Crippen LogP contribution in [0.2, 0.25) is 5.02 Å². The highest BCUT2D eigenvalue weighted by Gasteiger charge is 2.22. The van der Waals surface area contributed by atoms with E-state index in [0.29, 0.717) is 0 Å². The molecule has 0 spiro atoms. The fraction of sp³-hybridized carbons (Fsp3) is 0.300. The van der Waals surface area contributed by atoms with Crippen LogP contribution in [0.4, 0.5) is 0 Å². The molecule has 0 bridgehead atoms. The van der Waals surface area contributed by atoms with Gasteiger partial charge >= 0.3 is 5.97 Å². The molecule has 2 atom stereocenters. The Balaban J connectivity index is 3.17. The third-order valence-electron chi connectivity index (χ3n) is 2.17. The molecule has 0 amide bonds. The predicted octanol–water partition coefficient (Wildman–Crippen LogP) is 0.391. The average Bonchev–Trinajstić information content (AvgIpc) is 2.26. The number of halogens is 1. The third-order valence-corrected chi connectivity index (χ3v) is 2.41. The lowest BCUT2D eigenvalue weighted by Crippen LogP contribution is -2.28. The van der Waals surface area contributed by atoms with Crippen molar-refractivity contribution in [1.29, 1.82) is 0 Å². The van der Waals surface area contributed by atoms with Gasteiger partial charge in [0.1, 0.15) is 6.10 Å². The summed E-state index contributed by atoms with van der Waals surface area (Å²) in [7, 11) is 0. The summed E-state index contributed by atoms with van der Waals surface area (Å²) < 4.78 is 0. The van der Waals surface area contributed by atoms with Gasteiger partial charge in [-0.2, -0.15) is 0 Å². The van der Waals surface area contributed by atoms with Crippen LogP contribution >= 0.6 is 11.6 Å². The molecule has 0 fully saturated rings. The van der Waals surface area contributed by atoms with Gasteiger partial charge in [0.2, 0.25) is 0 Å². The van der Waals surface area contributed by atoms with E-state index in [9.17, 15) is 15.0 Å². The quantitative estimate of drug-likeness (QED) is 0.614. The number of carboxylic acids is 1. The number of aromatic carboxylic acids is 1. The number of nitrogens with two attached hydrogens (primary N) is 1.